The van der Waals surface area contributed by atoms with E-state index in [4.69, 9.17) is 14.2 Å². The molecular formula is C29H42F2O3. The Bertz CT molecular complexity index is 820. The normalized spacial score (nSPS) is 25.3. The van der Waals surface area contributed by atoms with Gasteiger partial charge in [-0.05, 0) is 113 Å². The van der Waals surface area contributed by atoms with Crippen LogP contribution in [0.1, 0.15) is 78.6 Å². The number of fused-ring (bicyclic) bond motifs is 1. The van der Waals surface area contributed by atoms with Crippen molar-refractivity contribution in [3.8, 4) is 11.5 Å². The molecule has 0 aliphatic heterocycles. The Morgan fingerprint density at radius 3 is 2.24 bits per heavy atom. The molecule has 0 aromatic heterocycles. The van der Waals surface area contributed by atoms with Crippen LogP contribution in [0.5, 0.6) is 11.5 Å². The summed E-state index contributed by atoms with van der Waals surface area (Å²) >= 11 is 0. The van der Waals surface area contributed by atoms with Gasteiger partial charge in [-0.3, -0.25) is 0 Å². The minimum Gasteiger partial charge on any atom is -0.494 e. The second-order valence-corrected chi connectivity index (χ2v) is 9.84. The first-order chi connectivity index (χ1) is 16.5. The highest BCUT2D eigenvalue weighted by Gasteiger charge is 2.35. The summed E-state index contributed by atoms with van der Waals surface area (Å²) in [7, 11) is 0. The highest BCUT2D eigenvalue weighted by Crippen LogP contribution is 2.45. The van der Waals surface area contributed by atoms with E-state index < -0.39 is 11.6 Å². The quantitative estimate of drug-likeness (QED) is 0.173. The summed E-state index contributed by atoms with van der Waals surface area (Å²) < 4.78 is 45.1. The van der Waals surface area contributed by atoms with Crippen LogP contribution in [0.2, 0.25) is 0 Å². The molecule has 0 heterocycles. The molecule has 2 aliphatic rings. The fraction of sp³-hybridized carbons (Fsp3) is 0.655. The number of benzene rings is 1. The summed E-state index contributed by atoms with van der Waals surface area (Å²) in [6.45, 7) is 7.48. The van der Waals surface area contributed by atoms with E-state index in [1.54, 1.807) is 6.92 Å². The van der Waals surface area contributed by atoms with Gasteiger partial charge in [0.2, 0.25) is 11.6 Å². The largest absolute Gasteiger partial charge is 0.494 e. The van der Waals surface area contributed by atoms with Crippen LogP contribution in [0, 0.1) is 35.3 Å². The maximum Gasteiger partial charge on any atom is 0.204 e. The predicted octanol–water partition coefficient (Wildman–Crippen LogP) is 8.24. The lowest BCUT2D eigenvalue weighted by Gasteiger charge is -2.42. The molecule has 0 N–H and O–H groups in total. The summed E-state index contributed by atoms with van der Waals surface area (Å²) in [6, 6.07) is 2.92. The van der Waals surface area contributed by atoms with Gasteiger partial charge in [0, 0.05) is 0 Å². The van der Waals surface area contributed by atoms with E-state index in [0.29, 0.717) is 19.1 Å². The smallest absolute Gasteiger partial charge is 0.204 e. The fourth-order valence-electron chi connectivity index (χ4n) is 5.49. The van der Waals surface area contributed by atoms with E-state index in [2.05, 4.69) is 19.1 Å². The van der Waals surface area contributed by atoms with Crippen molar-refractivity contribution in [2.24, 2.45) is 23.7 Å². The van der Waals surface area contributed by atoms with Gasteiger partial charge in [-0.1, -0.05) is 19.4 Å². The monoisotopic (exact) mass is 476 g/mol. The van der Waals surface area contributed by atoms with E-state index in [-0.39, 0.29) is 11.5 Å². The van der Waals surface area contributed by atoms with E-state index in [1.807, 2.05) is 13.0 Å². The summed E-state index contributed by atoms with van der Waals surface area (Å²) in [5, 5.41) is 0. The zero-order valence-electron chi connectivity index (χ0n) is 21.2. The molecule has 0 saturated heterocycles. The molecule has 3 nitrogen and oxygen atoms in total. The number of unbranched alkanes of at least 4 members (excludes halogenated alkanes) is 1. The lowest BCUT2D eigenvalue weighted by Crippen LogP contribution is -2.32. The minimum atomic E-state index is -0.968. The standard InChI is InChI=1S/C29H42F2O3/c1-4-7-17-33-25(5-2)10-8-9-21-11-13-24-19-22(12-14-23(24)18-21)20-34-27-16-15-26(32-6-3)28(30)29(27)31/h5,8,10,15-16,21-24H,4,6-7,9,11-14,17-20H2,1-3H3/b10-8-,25-5+. The van der Waals surface area contributed by atoms with Gasteiger partial charge < -0.3 is 14.2 Å². The second-order valence-electron chi connectivity index (χ2n) is 9.84. The molecule has 0 radical (unpaired) electrons. The SMILES string of the molecule is C/C=C(\C=C/CC1CCC2CC(COc3ccc(OCC)c(F)c3F)CCC2C1)OCCCC. The van der Waals surface area contributed by atoms with Crippen molar-refractivity contribution in [1.82, 2.24) is 0 Å². The Hall–Kier alpha value is -2.04. The van der Waals surface area contributed by atoms with E-state index in [9.17, 15) is 8.78 Å². The van der Waals surface area contributed by atoms with Crippen LogP contribution in [-0.2, 0) is 4.74 Å². The molecule has 0 bridgehead atoms. The van der Waals surface area contributed by atoms with Crippen LogP contribution in [0.4, 0.5) is 8.78 Å². The van der Waals surface area contributed by atoms with Crippen LogP contribution in [0.15, 0.2) is 36.1 Å². The Labute approximate surface area is 204 Å². The number of hydrogen-bond donors (Lipinski definition) is 0. The highest BCUT2D eigenvalue weighted by molar-refractivity contribution is 5.35. The van der Waals surface area contributed by atoms with Gasteiger partial charge in [-0.15, -0.1) is 0 Å². The second kappa shape index (κ2) is 13.7. The summed E-state index contributed by atoms with van der Waals surface area (Å²) in [5.41, 5.74) is 0. The maximum atomic E-state index is 14.3. The lowest BCUT2D eigenvalue weighted by atomic mass is 9.64. The maximum absolute atomic E-state index is 14.3. The van der Waals surface area contributed by atoms with Crippen molar-refractivity contribution in [1.29, 1.82) is 0 Å². The van der Waals surface area contributed by atoms with Crippen molar-refractivity contribution in [2.75, 3.05) is 19.8 Å². The first kappa shape index (κ1) is 26.6. The number of allylic oxidation sites excluding steroid dienone is 3. The fourth-order valence-corrected chi connectivity index (χ4v) is 5.49. The van der Waals surface area contributed by atoms with Gasteiger partial charge in [-0.2, -0.15) is 8.78 Å². The zero-order valence-corrected chi connectivity index (χ0v) is 21.2. The van der Waals surface area contributed by atoms with Crippen LogP contribution < -0.4 is 9.47 Å². The molecule has 2 aliphatic carbocycles. The van der Waals surface area contributed by atoms with Gasteiger partial charge >= 0.3 is 0 Å². The Kier molecular flexibility index (Phi) is 10.7. The van der Waals surface area contributed by atoms with Gasteiger partial charge in [0.05, 0.1) is 19.8 Å². The van der Waals surface area contributed by atoms with E-state index in [1.165, 1.54) is 37.8 Å². The van der Waals surface area contributed by atoms with Gasteiger partial charge in [0.1, 0.15) is 5.76 Å². The average Bonchev–Trinajstić information content (AvgIpc) is 2.85. The van der Waals surface area contributed by atoms with Crippen LogP contribution in [0.3, 0.4) is 0 Å². The summed E-state index contributed by atoms with van der Waals surface area (Å²) in [6.07, 6.45) is 17.1. The molecule has 34 heavy (non-hydrogen) atoms. The molecular weight excluding hydrogens is 434 g/mol. The van der Waals surface area contributed by atoms with E-state index in [0.717, 1.165) is 62.2 Å². The van der Waals surface area contributed by atoms with Crippen LogP contribution in [-0.4, -0.2) is 19.8 Å². The predicted molar refractivity (Wildman–Crippen MR) is 133 cm³/mol. The topological polar surface area (TPSA) is 27.7 Å². The lowest BCUT2D eigenvalue weighted by molar-refractivity contribution is 0.0767. The van der Waals surface area contributed by atoms with Crippen molar-refractivity contribution >= 4 is 0 Å². The Balaban J connectivity index is 1.42. The first-order valence-electron chi connectivity index (χ1n) is 13.2. The van der Waals surface area contributed by atoms with Gasteiger partial charge in [-0.25, -0.2) is 0 Å². The van der Waals surface area contributed by atoms with Crippen molar-refractivity contribution in [3.63, 3.8) is 0 Å². The molecule has 4 unspecified atom stereocenters. The van der Waals surface area contributed by atoms with Crippen molar-refractivity contribution in [2.45, 2.75) is 78.6 Å². The summed E-state index contributed by atoms with van der Waals surface area (Å²) in [5.74, 6) is 1.64. The van der Waals surface area contributed by atoms with Gasteiger partial charge in [0.15, 0.2) is 11.5 Å². The Morgan fingerprint density at radius 1 is 0.941 bits per heavy atom. The third-order valence-electron chi connectivity index (χ3n) is 7.42. The third-order valence-corrected chi connectivity index (χ3v) is 7.42. The average molecular weight is 477 g/mol. The molecule has 1 aromatic carbocycles. The van der Waals surface area contributed by atoms with Crippen LogP contribution in [0.25, 0.3) is 0 Å². The molecule has 0 spiro atoms. The Morgan fingerprint density at radius 2 is 1.59 bits per heavy atom. The van der Waals surface area contributed by atoms with Crippen molar-refractivity contribution < 1.29 is 23.0 Å². The molecule has 190 valence electrons. The molecule has 0 amide bonds. The number of ether oxygens (including phenoxy) is 3. The molecule has 4 atom stereocenters. The number of halogens is 2. The minimum absolute atomic E-state index is 0.0160. The summed E-state index contributed by atoms with van der Waals surface area (Å²) in [4.78, 5) is 0. The first-order valence-corrected chi connectivity index (χ1v) is 13.2. The third kappa shape index (κ3) is 7.48. The number of hydrogen-bond acceptors (Lipinski definition) is 3. The van der Waals surface area contributed by atoms with Gasteiger partial charge in [0.25, 0.3) is 0 Å². The molecule has 3 rings (SSSR count). The van der Waals surface area contributed by atoms with E-state index >= 15 is 0 Å². The molecule has 1 aromatic rings. The number of rotatable bonds is 12. The van der Waals surface area contributed by atoms with Crippen LogP contribution >= 0.6 is 0 Å². The molecule has 2 fully saturated rings. The molecule has 2 saturated carbocycles. The van der Waals surface area contributed by atoms with Crippen molar-refractivity contribution in [3.05, 3.63) is 47.8 Å². The molecule has 5 heteroatoms. The highest BCUT2D eigenvalue weighted by atomic mass is 19.2. The zero-order chi connectivity index (χ0) is 24.3.